The summed E-state index contributed by atoms with van der Waals surface area (Å²) in [6.45, 7) is 3.63. The maximum absolute atomic E-state index is 12.2. The van der Waals surface area contributed by atoms with E-state index in [1.807, 2.05) is 19.1 Å². The van der Waals surface area contributed by atoms with Crippen molar-refractivity contribution in [2.75, 3.05) is 17.2 Å². The molecule has 0 spiro atoms. The van der Waals surface area contributed by atoms with E-state index in [4.69, 9.17) is 16.3 Å². The number of halogens is 1. The number of aryl methyl sites for hydroxylation is 1. The molecule has 0 aromatic heterocycles. The number of carbonyl (C=O) groups excluding carboxylic acids is 1. The maximum atomic E-state index is 12.2. The number of hydrogen-bond donors (Lipinski definition) is 3. The molecule has 0 fully saturated rings. The van der Waals surface area contributed by atoms with Crippen LogP contribution >= 0.6 is 11.6 Å². The fraction of sp³-hybridized carbons (Fsp3) is 0.211. The molecule has 1 heterocycles. The Balaban J connectivity index is 1.71. The molecule has 130 valence electrons. The zero-order valence-corrected chi connectivity index (χ0v) is 14.7. The fourth-order valence-electron chi connectivity index (χ4n) is 2.49. The van der Waals surface area contributed by atoms with Crippen molar-refractivity contribution in [3.63, 3.8) is 0 Å². The summed E-state index contributed by atoms with van der Waals surface area (Å²) in [7, 11) is 0. The first-order valence-corrected chi connectivity index (χ1v) is 8.24. The van der Waals surface area contributed by atoms with Gasteiger partial charge in [0.05, 0.1) is 17.3 Å². The number of fused-ring (bicyclic) bond motifs is 1. The lowest BCUT2D eigenvalue weighted by molar-refractivity contribution is 0.0641. The maximum Gasteiger partial charge on any atom is 0.323 e. The summed E-state index contributed by atoms with van der Waals surface area (Å²) in [6.07, 6.45) is 3.67. The summed E-state index contributed by atoms with van der Waals surface area (Å²) in [5, 5.41) is 15.4. The molecule has 1 aliphatic rings. The van der Waals surface area contributed by atoms with E-state index in [1.165, 1.54) is 0 Å². The molecular weight excluding hydrogens is 340 g/mol. The van der Waals surface area contributed by atoms with Gasteiger partial charge in [0, 0.05) is 11.3 Å². The van der Waals surface area contributed by atoms with E-state index < -0.39 is 5.60 Å². The first kappa shape index (κ1) is 17.3. The minimum atomic E-state index is -0.721. The first-order valence-electron chi connectivity index (χ1n) is 7.86. The molecule has 3 N–H and O–H groups in total. The van der Waals surface area contributed by atoms with Crippen molar-refractivity contribution in [2.45, 2.75) is 19.4 Å². The highest BCUT2D eigenvalue weighted by Gasteiger charge is 2.26. The van der Waals surface area contributed by atoms with Gasteiger partial charge >= 0.3 is 6.03 Å². The number of hydrogen-bond acceptors (Lipinski definition) is 3. The molecule has 1 unspecified atom stereocenters. The number of benzene rings is 2. The van der Waals surface area contributed by atoms with Crippen LogP contribution in [0.1, 0.15) is 18.1 Å². The molecular formula is C19H19ClN2O3. The number of ether oxygens (including phenoxy) is 1. The van der Waals surface area contributed by atoms with Crippen LogP contribution < -0.4 is 15.4 Å². The van der Waals surface area contributed by atoms with Gasteiger partial charge in [-0.05, 0) is 55.8 Å². The molecule has 2 aromatic rings. The second kappa shape index (κ2) is 6.78. The molecule has 5 nitrogen and oxygen atoms in total. The van der Waals surface area contributed by atoms with E-state index >= 15 is 0 Å². The van der Waals surface area contributed by atoms with Crippen LogP contribution in [0.4, 0.5) is 16.2 Å². The number of aliphatic hydroxyl groups is 1. The summed E-state index contributed by atoms with van der Waals surface area (Å²) in [4.78, 5) is 12.2. The standard InChI is InChI=1S/C19H19ClN2O3/c1-12-3-5-16(15(20)9-12)22-18(24)21-14-4-6-17-13(10-14)7-8-19(2,11-23)25-17/h3-10,23H,11H2,1-2H3,(H2,21,22,24). The summed E-state index contributed by atoms with van der Waals surface area (Å²) < 4.78 is 5.77. The highest BCUT2D eigenvalue weighted by atomic mass is 35.5. The van der Waals surface area contributed by atoms with E-state index in [0.29, 0.717) is 22.1 Å². The number of carbonyl (C=O) groups is 1. The smallest absolute Gasteiger partial charge is 0.323 e. The van der Waals surface area contributed by atoms with Gasteiger partial charge in [-0.2, -0.15) is 0 Å². The Hall–Kier alpha value is -2.50. The van der Waals surface area contributed by atoms with Crippen molar-refractivity contribution in [2.24, 2.45) is 0 Å². The number of rotatable bonds is 3. The Labute approximate surface area is 151 Å². The van der Waals surface area contributed by atoms with Gasteiger partial charge in [0.1, 0.15) is 11.4 Å². The van der Waals surface area contributed by atoms with Crippen LogP contribution in [0.2, 0.25) is 5.02 Å². The third kappa shape index (κ3) is 3.95. The summed E-state index contributed by atoms with van der Waals surface area (Å²) in [5.41, 5.74) is 2.30. The van der Waals surface area contributed by atoms with Crippen LogP contribution in [0.15, 0.2) is 42.5 Å². The third-order valence-corrected chi connectivity index (χ3v) is 4.23. The SMILES string of the molecule is Cc1ccc(NC(=O)Nc2ccc3c(c2)C=CC(C)(CO)O3)c(Cl)c1. The molecule has 2 amide bonds. The quantitative estimate of drug-likeness (QED) is 0.759. The van der Waals surface area contributed by atoms with Crippen molar-refractivity contribution < 1.29 is 14.6 Å². The molecule has 0 aliphatic carbocycles. The molecule has 1 atom stereocenters. The topological polar surface area (TPSA) is 70.6 Å². The van der Waals surface area contributed by atoms with Gasteiger partial charge in [-0.15, -0.1) is 0 Å². The second-order valence-corrected chi connectivity index (χ2v) is 6.63. The van der Waals surface area contributed by atoms with Crippen LogP contribution in [0.3, 0.4) is 0 Å². The molecule has 6 heteroatoms. The van der Waals surface area contributed by atoms with Crippen LogP contribution in [0, 0.1) is 6.92 Å². The van der Waals surface area contributed by atoms with E-state index in [2.05, 4.69) is 10.6 Å². The molecule has 0 saturated heterocycles. The fourth-order valence-corrected chi connectivity index (χ4v) is 2.77. The van der Waals surface area contributed by atoms with Crippen molar-refractivity contribution in [1.29, 1.82) is 0 Å². The Morgan fingerprint density at radius 2 is 2.04 bits per heavy atom. The largest absolute Gasteiger partial charge is 0.480 e. The molecule has 3 rings (SSSR count). The number of nitrogens with one attached hydrogen (secondary N) is 2. The van der Waals surface area contributed by atoms with E-state index in [0.717, 1.165) is 11.1 Å². The normalized spacial score (nSPS) is 18.2. The van der Waals surface area contributed by atoms with Crippen LogP contribution in [-0.2, 0) is 0 Å². The van der Waals surface area contributed by atoms with E-state index in [9.17, 15) is 9.90 Å². The molecule has 2 aromatic carbocycles. The van der Waals surface area contributed by atoms with Crippen LogP contribution in [0.25, 0.3) is 6.08 Å². The van der Waals surface area contributed by atoms with Gasteiger partial charge in [0.15, 0.2) is 0 Å². The lowest BCUT2D eigenvalue weighted by Gasteiger charge is -2.29. The Kier molecular flexibility index (Phi) is 4.70. The van der Waals surface area contributed by atoms with E-state index in [-0.39, 0.29) is 12.6 Å². The summed E-state index contributed by atoms with van der Waals surface area (Å²) in [6, 6.07) is 10.4. The highest BCUT2D eigenvalue weighted by Crippen LogP contribution is 2.32. The number of urea groups is 1. The Bertz CT molecular complexity index is 851. The molecule has 1 aliphatic heterocycles. The average molecular weight is 359 g/mol. The van der Waals surface area contributed by atoms with Gasteiger partial charge in [-0.25, -0.2) is 4.79 Å². The van der Waals surface area contributed by atoms with Crippen molar-refractivity contribution >= 4 is 35.1 Å². The van der Waals surface area contributed by atoms with E-state index in [1.54, 1.807) is 43.3 Å². The van der Waals surface area contributed by atoms with Gasteiger partial charge < -0.3 is 20.5 Å². The molecule has 0 radical (unpaired) electrons. The molecule has 0 saturated carbocycles. The lowest BCUT2D eigenvalue weighted by atomic mass is 10.0. The minimum absolute atomic E-state index is 0.108. The first-order chi connectivity index (χ1) is 11.9. The van der Waals surface area contributed by atoms with Crippen LogP contribution in [0.5, 0.6) is 5.75 Å². The van der Waals surface area contributed by atoms with Gasteiger partial charge in [0.25, 0.3) is 0 Å². The Morgan fingerprint density at radius 3 is 2.76 bits per heavy atom. The molecule has 0 bridgehead atoms. The predicted molar refractivity (Wildman–Crippen MR) is 100 cm³/mol. The number of amides is 2. The summed E-state index contributed by atoms with van der Waals surface area (Å²) in [5.74, 6) is 0.659. The third-order valence-electron chi connectivity index (χ3n) is 3.91. The van der Waals surface area contributed by atoms with Gasteiger partial charge in [-0.3, -0.25) is 0 Å². The van der Waals surface area contributed by atoms with Gasteiger partial charge in [-0.1, -0.05) is 23.7 Å². The van der Waals surface area contributed by atoms with Crippen molar-refractivity contribution in [1.82, 2.24) is 0 Å². The zero-order chi connectivity index (χ0) is 18.0. The van der Waals surface area contributed by atoms with Crippen molar-refractivity contribution in [3.8, 4) is 5.75 Å². The average Bonchev–Trinajstić information content (AvgIpc) is 2.58. The molecule has 25 heavy (non-hydrogen) atoms. The van der Waals surface area contributed by atoms with Gasteiger partial charge in [0.2, 0.25) is 0 Å². The minimum Gasteiger partial charge on any atom is -0.480 e. The monoisotopic (exact) mass is 358 g/mol. The highest BCUT2D eigenvalue weighted by molar-refractivity contribution is 6.33. The number of anilines is 2. The second-order valence-electron chi connectivity index (χ2n) is 6.22. The lowest BCUT2D eigenvalue weighted by Crippen LogP contribution is -2.35. The van der Waals surface area contributed by atoms with Crippen molar-refractivity contribution in [3.05, 3.63) is 58.6 Å². The predicted octanol–water partition coefficient (Wildman–Crippen LogP) is 4.45. The zero-order valence-electron chi connectivity index (χ0n) is 14.0. The van der Waals surface area contributed by atoms with Crippen LogP contribution in [-0.4, -0.2) is 23.3 Å². The summed E-state index contributed by atoms with van der Waals surface area (Å²) >= 11 is 6.12. The Morgan fingerprint density at radius 1 is 1.24 bits per heavy atom. The number of aliphatic hydroxyl groups excluding tert-OH is 1.